The Bertz CT molecular complexity index is 1180. The van der Waals surface area contributed by atoms with Crippen molar-refractivity contribution < 1.29 is 23.4 Å². The van der Waals surface area contributed by atoms with Crippen molar-refractivity contribution in [3.63, 3.8) is 0 Å². The van der Waals surface area contributed by atoms with E-state index >= 15 is 4.39 Å². The Morgan fingerprint density at radius 1 is 1.11 bits per heavy atom. The average Bonchev–Trinajstić information content (AvgIpc) is 3.54. The number of carbonyl (C=O) groups is 1. The third kappa shape index (κ3) is 5.72. The molecule has 0 radical (unpaired) electrons. The zero-order valence-electron chi connectivity index (χ0n) is 20.7. The molecule has 3 heterocycles. The number of hydrogen-bond donors (Lipinski definition) is 3. The summed E-state index contributed by atoms with van der Waals surface area (Å²) < 4.78 is 32.1. The van der Waals surface area contributed by atoms with Gasteiger partial charge in [0, 0.05) is 43.0 Å². The minimum atomic E-state index is -0.462. The molecule has 2 saturated heterocycles. The predicted molar refractivity (Wildman–Crippen MR) is 137 cm³/mol. The van der Waals surface area contributed by atoms with Gasteiger partial charge in [0.05, 0.1) is 17.3 Å². The number of aryl methyl sites for hydroxylation is 1. The van der Waals surface area contributed by atoms with Gasteiger partial charge in [0.1, 0.15) is 12.4 Å². The molecule has 1 amide bonds. The maximum atomic E-state index is 15.4. The summed E-state index contributed by atoms with van der Waals surface area (Å²) in [4.78, 5) is 16.0. The first-order chi connectivity index (χ1) is 17.6. The molecule has 5 rings (SSSR count). The van der Waals surface area contributed by atoms with Crippen LogP contribution in [0.3, 0.4) is 0 Å². The van der Waals surface area contributed by atoms with Crippen LogP contribution in [-0.2, 0) is 16.0 Å². The van der Waals surface area contributed by atoms with Crippen LogP contribution in [0.5, 0.6) is 5.75 Å². The molecule has 3 N–H and O–H groups in total. The van der Waals surface area contributed by atoms with E-state index in [1.165, 1.54) is 0 Å². The number of ether oxygens (including phenoxy) is 3. The molecule has 2 aliphatic rings. The molecule has 192 valence electrons. The fourth-order valence-corrected chi connectivity index (χ4v) is 4.91. The van der Waals surface area contributed by atoms with Crippen LogP contribution in [0.4, 0.5) is 10.1 Å². The van der Waals surface area contributed by atoms with Crippen LogP contribution in [0.15, 0.2) is 36.4 Å². The number of fused-ring (bicyclic) bond motifs is 1. The molecule has 0 saturated carbocycles. The lowest BCUT2D eigenvalue weighted by Gasteiger charge is -2.22. The van der Waals surface area contributed by atoms with Gasteiger partial charge in [0.15, 0.2) is 5.82 Å². The molecular formula is C28H34FN3O4. The lowest BCUT2D eigenvalue weighted by molar-refractivity contribution is 0.0662. The van der Waals surface area contributed by atoms with Gasteiger partial charge < -0.3 is 29.8 Å². The van der Waals surface area contributed by atoms with Crippen LogP contribution in [0.2, 0.25) is 0 Å². The second-order valence-corrected chi connectivity index (χ2v) is 9.69. The number of rotatable bonds is 9. The summed E-state index contributed by atoms with van der Waals surface area (Å²) in [7, 11) is 0. The number of H-pyrrole nitrogens is 1. The van der Waals surface area contributed by atoms with Crippen LogP contribution < -0.4 is 15.4 Å². The molecule has 8 heteroatoms. The molecule has 1 aromatic heterocycles. The van der Waals surface area contributed by atoms with Crippen molar-refractivity contribution in [2.45, 2.75) is 45.3 Å². The molecule has 2 aliphatic heterocycles. The van der Waals surface area contributed by atoms with Crippen molar-refractivity contribution in [1.29, 1.82) is 0 Å². The Labute approximate surface area is 210 Å². The zero-order chi connectivity index (χ0) is 24.9. The Balaban J connectivity index is 1.20. The van der Waals surface area contributed by atoms with E-state index in [0.29, 0.717) is 35.9 Å². The monoisotopic (exact) mass is 495 g/mol. The van der Waals surface area contributed by atoms with Crippen LogP contribution in [0.1, 0.15) is 47.3 Å². The summed E-state index contributed by atoms with van der Waals surface area (Å²) in [5, 5.41) is 7.02. The highest BCUT2D eigenvalue weighted by atomic mass is 19.1. The van der Waals surface area contributed by atoms with E-state index in [0.717, 1.165) is 68.7 Å². The van der Waals surface area contributed by atoms with Crippen molar-refractivity contribution >= 4 is 22.5 Å². The SMILES string of the molecule is Cc1c(CNCC2CCOCC2)[nH]c2c(F)c(NC(=O)c3ccc(OC[C@@H]4CCCO4)cc3)ccc12. The molecule has 1 atom stereocenters. The molecule has 0 unspecified atom stereocenters. The Kier molecular flexibility index (Phi) is 7.84. The van der Waals surface area contributed by atoms with Gasteiger partial charge in [-0.15, -0.1) is 0 Å². The van der Waals surface area contributed by atoms with Gasteiger partial charge in [-0.25, -0.2) is 4.39 Å². The molecule has 2 fully saturated rings. The number of amides is 1. The van der Waals surface area contributed by atoms with Crippen molar-refractivity contribution in [3.8, 4) is 5.75 Å². The molecule has 0 bridgehead atoms. The maximum absolute atomic E-state index is 15.4. The highest BCUT2D eigenvalue weighted by molar-refractivity contribution is 6.05. The standard InChI is InChI=1S/C28H34FN3O4/c1-18-23-8-9-24(26(29)27(23)31-25(18)16-30-15-19-10-13-34-14-11-19)32-28(33)20-4-6-21(7-5-20)36-17-22-3-2-12-35-22/h4-9,19,22,30-31H,2-3,10-17H2,1H3,(H,32,33)/t22-/m0/s1. The number of aromatic nitrogens is 1. The molecule has 36 heavy (non-hydrogen) atoms. The quantitative estimate of drug-likeness (QED) is 0.392. The maximum Gasteiger partial charge on any atom is 0.255 e. The lowest BCUT2D eigenvalue weighted by atomic mass is 10.0. The van der Waals surface area contributed by atoms with Crippen molar-refractivity contribution in [3.05, 3.63) is 59.0 Å². The minimum Gasteiger partial charge on any atom is -0.491 e. The zero-order valence-corrected chi connectivity index (χ0v) is 20.7. The van der Waals surface area contributed by atoms with Gasteiger partial charge in [-0.3, -0.25) is 4.79 Å². The van der Waals surface area contributed by atoms with E-state index in [1.54, 1.807) is 30.3 Å². The van der Waals surface area contributed by atoms with E-state index in [9.17, 15) is 4.79 Å². The third-order valence-corrected chi connectivity index (χ3v) is 7.17. The molecule has 0 spiro atoms. The average molecular weight is 496 g/mol. The smallest absolute Gasteiger partial charge is 0.255 e. The second kappa shape index (κ2) is 11.4. The Morgan fingerprint density at radius 2 is 1.92 bits per heavy atom. The lowest BCUT2D eigenvalue weighted by Crippen LogP contribution is -2.27. The van der Waals surface area contributed by atoms with Crippen LogP contribution in [0, 0.1) is 18.7 Å². The van der Waals surface area contributed by atoms with E-state index in [4.69, 9.17) is 14.2 Å². The number of benzene rings is 2. The summed E-state index contributed by atoms with van der Waals surface area (Å²) >= 11 is 0. The molecule has 3 aromatic rings. The minimum absolute atomic E-state index is 0.130. The number of carbonyl (C=O) groups excluding carboxylic acids is 1. The number of anilines is 1. The number of aromatic amines is 1. The van der Waals surface area contributed by atoms with E-state index in [2.05, 4.69) is 15.6 Å². The third-order valence-electron chi connectivity index (χ3n) is 7.17. The summed E-state index contributed by atoms with van der Waals surface area (Å²) in [5.74, 6) is 0.454. The van der Waals surface area contributed by atoms with E-state index < -0.39 is 5.82 Å². The van der Waals surface area contributed by atoms with Gasteiger partial charge >= 0.3 is 0 Å². The van der Waals surface area contributed by atoms with Crippen LogP contribution >= 0.6 is 0 Å². The van der Waals surface area contributed by atoms with E-state index in [1.807, 2.05) is 13.0 Å². The first-order valence-corrected chi connectivity index (χ1v) is 12.8. The fourth-order valence-electron chi connectivity index (χ4n) is 4.91. The number of nitrogens with one attached hydrogen (secondary N) is 3. The molecule has 0 aliphatic carbocycles. The number of hydrogen-bond acceptors (Lipinski definition) is 5. The predicted octanol–water partition coefficient (Wildman–Crippen LogP) is 4.94. The largest absolute Gasteiger partial charge is 0.491 e. The number of halogens is 1. The Hall–Kier alpha value is -2.94. The van der Waals surface area contributed by atoms with Gasteiger partial charge in [-0.1, -0.05) is 6.07 Å². The van der Waals surface area contributed by atoms with Gasteiger partial charge in [-0.05, 0) is 81.0 Å². The van der Waals surface area contributed by atoms with Crippen molar-refractivity contribution in [2.24, 2.45) is 5.92 Å². The van der Waals surface area contributed by atoms with E-state index in [-0.39, 0.29) is 17.7 Å². The second-order valence-electron chi connectivity index (χ2n) is 9.69. The molecule has 7 nitrogen and oxygen atoms in total. The van der Waals surface area contributed by atoms with Crippen LogP contribution in [0.25, 0.3) is 10.9 Å². The van der Waals surface area contributed by atoms with Gasteiger partial charge in [0.25, 0.3) is 5.91 Å². The normalized spacial score (nSPS) is 18.6. The first-order valence-electron chi connectivity index (χ1n) is 12.8. The highest BCUT2D eigenvalue weighted by Gasteiger charge is 2.19. The highest BCUT2D eigenvalue weighted by Crippen LogP contribution is 2.29. The summed E-state index contributed by atoms with van der Waals surface area (Å²) in [5.41, 5.74) is 2.96. The summed E-state index contributed by atoms with van der Waals surface area (Å²) in [6.45, 7) is 6.48. The van der Waals surface area contributed by atoms with Gasteiger partial charge in [0.2, 0.25) is 0 Å². The fraction of sp³-hybridized carbons (Fsp3) is 0.464. The van der Waals surface area contributed by atoms with Crippen LogP contribution in [-0.4, -0.2) is 50.0 Å². The van der Waals surface area contributed by atoms with Crippen molar-refractivity contribution in [1.82, 2.24) is 10.3 Å². The van der Waals surface area contributed by atoms with Gasteiger partial charge in [-0.2, -0.15) is 0 Å². The molecular weight excluding hydrogens is 461 g/mol. The Morgan fingerprint density at radius 3 is 2.67 bits per heavy atom. The summed E-state index contributed by atoms with van der Waals surface area (Å²) in [6.07, 6.45) is 4.34. The molecule has 2 aromatic carbocycles. The summed E-state index contributed by atoms with van der Waals surface area (Å²) in [6, 6.07) is 10.3. The topological polar surface area (TPSA) is 84.6 Å². The van der Waals surface area contributed by atoms with Crippen molar-refractivity contribution in [2.75, 3.05) is 38.3 Å². The first kappa shape index (κ1) is 24.7.